The third kappa shape index (κ3) is 4.73. The average Bonchev–Trinajstić information content (AvgIpc) is 3.14. The lowest BCUT2D eigenvalue weighted by Gasteiger charge is -2.40. The molecule has 3 rings (SSSR count). The standard InChI is InChI=1S/C19H26O10/c1-26-13-7-9(20)5-6-12(13)28-19-17(24)16(23)15(22)14(29-19)8-27-18(25)10-3-2-4-11(10)21/h5-7,10-11,14-17,19-24H,2-4,8H2,1H3/t10-,11-,14-,15-,16+,17-,19-/m1/s1. The first-order valence-corrected chi connectivity index (χ1v) is 9.40. The molecule has 29 heavy (non-hydrogen) atoms. The number of aromatic hydroxyl groups is 1. The van der Waals surface area contributed by atoms with E-state index in [-0.39, 0.29) is 23.9 Å². The number of phenols is 1. The number of hydrogen-bond acceptors (Lipinski definition) is 10. The molecule has 0 spiro atoms. The van der Waals surface area contributed by atoms with Gasteiger partial charge < -0.3 is 44.5 Å². The second-order valence-electron chi connectivity index (χ2n) is 7.20. The fourth-order valence-electron chi connectivity index (χ4n) is 3.52. The summed E-state index contributed by atoms with van der Waals surface area (Å²) in [5.74, 6) is -1.00. The van der Waals surface area contributed by atoms with E-state index in [1.165, 1.54) is 25.3 Å². The van der Waals surface area contributed by atoms with Crippen molar-refractivity contribution in [2.75, 3.05) is 13.7 Å². The number of methoxy groups -OCH3 is 1. The SMILES string of the molecule is COc1cc(O)ccc1O[C@@H]1O[C@H](COC(=O)[C@@H]2CCC[C@H]2O)[C@@H](O)[C@H](O)[C@H]1O. The van der Waals surface area contributed by atoms with Gasteiger partial charge in [-0.2, -0.15) is 0 Å². The fourth-order valence-corrected chi connectivity index (χ4v) is 3.52. The maximum absolute atomic E-state index is 12.1. The van der Waals surface area contributed by atoms with E-state index >= 15 is 0 Å². The summed E-state index contributed by atoms with van der Waals surface area (Å²) in [7, 11) is 1.36. The highest BCUT2D eigenvalue weighted by molar-refractivity contribution is 5.73. The van der Waals surface area contributed by atoms with Gasteiger partial charge >= 0.3 is 5.97 Å². The molecular formula is C19H26O10. The van der Waals surface area contributed by atoms with Gasteiger partial charge in [0.1, 0.15) is 36.8 Å². The van der Waals surface area contributed by atoms with Crippen molar-refractivity contribution in [3.05, 3.63) is 18.2 Å². The van der Waals surface area contributed by atoms with E-state index in [0.717, 1.165) is 6.42 Å². The summed E-state index contributed by atoms with van der Waals surface area (Å²) in [4.78, 5) is 12.1. The molecule has 1 aromatic rings. The number of benzene rings is 1. The molecule has 0 radical (unpaired) electrons. The number of ether oxygens (including phenoxy) is 4. The summed E-state index contributed by atoms with van der Waals surface area (Å²) in [6.07, 6.45) is -6.28. The zero-order chi connectivity index (χ0) is 21.1. The number of carbonyl (C=O) groups excluding carboxylic acids is 1. The highest BCUT2D eigenvalue weighted by Crippen LogP contribution is 2.34. The van der Waals surface area contributed by atoms with Crippen LogP contribution in [0.2, 0.25) is 0 Å². The van der Waals surface area contributed by atoms with E-state index in [0.29, 0.717) is 12.8 Å². The number of esters is 1. The van der Waals surface area contributed by atoms with Crippen LogP contribution >= 0.6 is 0 Å². The molecule has 1 saturated heterocycles. The zero-order valence-corrected chi connectivity index (χ0v) is 15.9. The van der Waals surface area contributed by atoms with Crippen LogP contribution in [0, 0.1) is 5.92 Å². The van der Waals surface area contributed by atoms with Gasteiger partial charge in [0.2, 0.25) is 6.29 Å². The Hall–Kier alpha value is -2.11. The van der Waals surface area contributed by atoms with Crippen LogP contribution in [0.1, 0.15) is 19.3 Å². The van der Waals surface area contributed by atoms with Crippen LogP contribution in [-0.2, 0) is 14.3 Å². The van der Waals surface area contributed by atoms with Crippen molar-refractivity contribution < 1.29 is 49.3 Å². The molecule has 0 bridgehead atoms. The fraction of sp³-hybridized carbons (Fsp3) is 0.632. The first-order valence-electron chi connectivity index (χ1n) is 9.40. The molecule has 1 heterocycles. The summed E-state index contributed by atoms with van der Waals surface area (Å²) < 4.78 is 21.3. The number of phenolic OH excluding ortho intramolecular Hbond substituents is 1. The van der Waals surface area contributed by atoms with Crippen LogP contribution in [0.15, 0.2) is 18.2 Å². The summed E-state index contributed by atoms with van der Waals surface area (Å²) in [6, 6.07) is 4.02. The van der Waals surface area contributed by atoms with Crippen LogP contribution in [0.4, 0.5) is 0 Å². The number of aliphatic hydroxyl groups excluding tert-OH is 4. The van der Waals surface area contributed by atoms with E-state index in [1.54, 1.807) is 0 Å². The Labute approximate surface area is 167 Å². The van der Waals surface area contributed by atoms with Gasteiger partial charge in [-0.3, -0.25) is 4.79 Å². The van der Waals surface area contributed by atoms with Crippen LogP contribution < -0.4 is 9.47 Å². The minimum Gasteiger partial charge on any atom is -0.508 e. The summed E-state index contributed by atoms with van der Waals surface area (Å²) >= 11 is 0. The molecule has 162 valence electrons. The van der Waals surface area contributed by atoms with Crippen molar-refractivity contribution in [2.24, 2.45) is 5.92 Å². The van der Waals surface area contributed by atoms with Gasteiger partial charge in [-0.05, 0) is 31.4 Å². The van der Waals surface area contributed by atoms with Crippen molar-refractivity contribution in [3.8, 4) is 17.2 Å². The molecule has 10 heteroatoms. The van der Waals surface area contributed by atoms with Crippen molar-refractivity contribution >= 4 is 5.97 Å². The lowest BCUT2D eigenvalue weighted by molar-refractivity contribution is -0.279. The monoisotopic (exact) mass is 414 g/mol. The van der Waals surface area contributed by atoms with E-state index in [9.17, 15) is 30.3 Å². The molecule has 7 atom stereocenters. The second-order valence-corrected chi connectivity index (χ2v) is 7.20. The van der Waals surface area contributed by atoms with Crippen LogP contribution in [0.25, 0.3) is 0 Å². The third-order valence-electron chi connectivity index (χ3n) is 5.23. The van der Waals surface area contributed by atoms with E-state index in [1.807, 2.05) is 0 Å². The molecule has 5 N–H and O–H groups in total. The molecule has 2 aliphatic rings. The Balaban J connectivity index is 1.66. The Morgan fingerprint density at radius 2 is 1.86 bits per heavy atom. The largest absolute Gasteiger partial charge is 0.508 e. The Morgan fingerprint density at radius 3 is 2.52 bits per heavy atom. The number of carbonyl (C=O) groups is 1. The van der Waals surface area contributed by atoms with Crippen molar-refractivity contribution in [1.82, 2.24) is 0 Å². The molecule has 0 amide bonds. The van der Waals surface area contributed by atoms with Crippen LogP contribution in [0.3, 0.4) is 0 Å². The number of rotatable bonds is 6. The maximum atomic E-state index is 12.1. The predicted octanol–water partition coefficient (Wildman–Crippen LogP) is -0.709. The van der Waals surface area contributed by atoms with Crippen LogP contribution in [0.5, 0.6) is 17.2 Å². The highest BCUT2D eigenvalue weighted by atomic mass is 16.7. The lowest BCUT2D eigenvalue weighted by Crippen LogP contribution is -2.60. The van der Waals surface area contributed by atoms with Crippen molar-refractivity contribution in [2.45, 2.75) is 56.1 Å². The summed E-state index contributed by atoms with van der Waals surface area (Å²) in [5.41, 5.74) is 0. The van der Waals surface area contributed by atoms with Gasteiger partial charge in [0, 0.05) is 6.07 Å². The van der Waals surface area contributed by atoms with Crippen molar-refractivity contribution in [1.29, 1.82) is 0 Å². The number of hydrogen-bond donors (Lipinski definition) is 5. The molecule has 0 aromatic heterocycles. The summed E-state index contributed by atoms with van der Waals surface area (Å²) in [5, 5.41) is 49.8. The molecule has 1 aromatic carbocycles. The Bertz CT molecular complexity index is 710. The van der Waals surface area contributed by atoms with Gasteiger partial charge in [0.15, 0.2) is 11.5 Å². The third-order valence-corrected chi connectivity index (χ3v) is 5.23. The molecule has 0 unspecified atom stereocenters. The minimum absolute atomic E-state index is 0.0614. The highest BCUT2D eigenvalue weighted by Gasteiger charge is 2.46. The Kier molecular flexibility index (Phi) is 6.81. The maximum Gasteiger partial charge on any atom is 0.311 e. The van der Waals surface area contributed by atoms with Crippen molar-refractivity contribution in [3.63, 3.8) is 0 Å². The molecule has 2 fully saturated rings. The van der Waals surface area contributed by atoms with Gasteiger partial charge in [0.05, 0.1) is 19.1 Å². The normalized spacial score (nSPS) is 34.6. The van der Waals surface area contributed by atoms with E-state index in [2.05, 4.69) is 0 Å². The average molecular weight is 414 g/mol. The Morgan fingerprint density at radius 1 is 1.10 bits per heavy atom. The lowest BCUT2D eigenvalue weighted by atomic mass is 9.99. The first-order chi connectivity index (χ1) is 13.8. The first kappa shape index (κ1) is 21.6. The smallest absolute Gasteiger partial charge is 0.311 e. The van der Waals surface area contributed by atoms with Gasteiger partial charge in [0.25, 0.3) is 0 Å². The topological polar surface area (TPSA) is 155 Å². The van der Waals surface area contributed by atoms with Gasteiger partial charge in [-0.25, -0.2) is 0 Å². The predicted molar refractivity (Wildman–Crippen MR) is 96.3 cm³/mol. The number of aliphatic hydroxyl groups is 4. The quantitative estimate of drug-likeness (QED) is 0.377. The van der Waals surface area contributed by atoms with E-state index < -0.39 is 48.7 Å². The van der Waals surface area contributed by atoms with Gasteiger partial charge in [-0.1, -0.05) is 0 Å². The molecule has 1 aliphatic carbocycles. The molecule has 1 aliphatic heterocycles. The zero-order valence-electron chi connectivity index (χ0n) is 15.9. The summed E-state index contributed by atoms with van der Waals surface area (Å²) in [6.45, 7) is -0.389. The van der Waals surface area contributed by atoms with Crippen LogP contribution in [-0.4, -0.2) is 82.0 Å². The van der Waals surface area contributed by atoms with Gasteiger partial charge in [-0.15, -0.1) is 0 Å². The second kappa shape index (κ2) is 9.14. The molecular weight excluding hydrogens is 388 g/mol. The minimum atomic E-state index is -1.61. The van der Waals surface area contributed by atoms with E-state index in [4.69, 9.17) is 18.9 Å². The molecule has 10 nitrogen and oxygen atoms in total. The molecule has 1 saturated carbocycles.